The van der Waals surface area contributed by atoms with E-state index in [-0.39, 0.29) is 42.0 Å². The highest BCUT2D eigenvalue weighted by atomic mass is 19.4. The summed E-state index contributed by atoms with van der Waals surface area (Å²) in [6, 6.07) is 4.34. The molecule has 2 fully saturated rings. The molecule has 1 saturated carbocycles. The van der Waals surface area contributed by atoms with E-state index in [9.17, 15) is 18.0 Å². The van der Waals surface area contributed by atoms with Crippen molar-refractivity contribution in [1.29, 1.82) is 0 Å². The van der Waals surface area contributed by atoms with Gasteiger partial charge in [-0.3, -0.25) is 5.32 Å². The lowest BCUT2D eigenvalue weighted by Crippen LogP contribution is -2.31. The Kier molecular flexibility index (Phi) is 6.12. The van der Waals surface area contributed by atoms with Gasteiger partial charge in [-0.1, -0.05) is 11.2 Å². The van der Waals surface area contributed by atoms with Gasteiger partial charge in [0.1, 0.15) is 29.1 Å². The van der Waals surface area contributed by atoms with Gasteiger partial charge in [0.15, 0.2) is 17.2 Å². The van der Waals surface area contributed by atoms with Gasteiger partial charge >= 0.3 is 12.2 Å². The summed E-state index contributed by atoms with van der Waals surface area (Å²) in [6.07, 6.45) is -1.61. The highest BCUT2D eigenvalue weighted by Gasteiger charge is 2.66. The molecule has 1 saturated heterocycles. The number of carbonyl (C=O) groups is 1. The summed E-state index contributed by atoms with van der Waals surface area (Å²) < 4.78 is 61.7. The highest BCUT2D eigenvalue weighted by molar-refractivity contribution is 6.00. The number of hydrogen-bond donors (Lipinski definition) is 3. The number of rotatable bonds is 5. The van der Waals surface area contributed by atoms with Crippen LogP contribution < -0.4 is 16.4 Å². The van der Waals surface area contributed by atoms with Crippen LogP contribution in [0.4, 0.5) is 39.7 Å². The summed E-state index contributed by atoms with van der Waals surface area (Å²) in [7, 11) is 2.06. The second-order valence-electron chi connectivity index (χ2n) is 10.2. The van der Waals surface area contributed by atoms with E-state index in [1.165, 1.54) is 18.5 Å². The van der Waals surface area contributed by atoms with Crippen molar-refractivity contribution in [3.63, 3.8) is 0 Å². The van der Waals surface area contributed by atoms with Gasteiger partial charge in [-0.05, 0) is 58.0 Å². The van der Waals surface area contributed by atoms with Crippen LogP contribution in [-0.4, -0.2) is 62.1 Å². The molecule has 11 nitrogen and oxygen atoms in total. The predicted molar refractivity (Wildman–Crippen MR) is 137 cm³/mol. The number of anilines is 3. The van der Waals surface area contributed by atoms with Crippen molar-refractivity contribution in [1.82, 2.24) is 29.8 Å². The molecule has 4 aromatic rings. The molecule has 2 aliphatic rings. The molecule has 3 aromatic heterocycles. The zero-order chi connectivity index (χ0) is 28.2. The number of nitrogens with two attached hydrogens (primary N) is 1. The van der Waals surface area contributed by atoms with Crippen molar-refractivity contribution in [2.24, 2.45) is 0 Å². The fourth-order valence-corrected chi connectivity index (χ4v) is 5.08. The molecular weight excluding hydrogens is 534 g/mol. The summed E-state index contributed by atoms with van der Waals surface area (Å²) in [5.41, 5.74) is 5.32. The van der Waals surface area contributed by atoms with Gasteiger partial charge in [0.2, 0.25) is 0 Å². The molecule has 1 aliphatic heterocycles. The van der Waals surface area contributed by atoms with Gasteiger partial charge in [-0.15, -0.1) is 0 Å². The molecule has 2 amide bonds. The van der Waals surface area contributed by atoms with Crippen molar-refractivity contribution < 1.29 is 26.9 Å². The number of urea groups is 1. The lowest BCUT2D eigenvalue weighted by Gasteiger charge is -2.29. The first-order chi connectivity index (χ1) is 19.1. The standard InChI is InChI=1S/C25H25F4N9O2/c1-37-8-4-14(5-9-37)38-22-19(21(30)31-12-32-22)20(35-38)13-2-3-16(15(26)10-13)33-23(39)34-18-11-17(40-36-18)24(6-7-24)25(27,28)29/h2-3,10-12,14H,4-9H2,1H3,(H2,30,31,32)(H2,33,34,36,39). The third kappa shape index (κ3) is 4.49. The first-order valence-corrected chi connectivity index (χ1v) is 12.6. The molecule has 4 heterocycles. The molecule has 6 rings (SSSR count). The number of likely N-dealkylation sites (tertiary alicyclic amines) is 1. The molecule has 0 radical (unpaired) electrons. The molecule has 4 N–H and O–H groups in total. The molecule has 0 spiro atoms. The molecule has 0 atom stereocenters. The normalized spacial score (nSPS) is 17.7. The van der Waals surface area contributed by atoms with E-state index in [0.29, 0.717) is 22.3 Å². The zero-order valence-corrected chi connectivity index (χ0v) is 21.3. The maximum Gasteiger partial charge on any atom is 0.401 e. The fraction of sp³-hybridized carbons (Fsp3) is 0.400. The molecule has 1 aromatic carbocycles. The average Bonchev–Trinajstić information content (AvgIpc) is 3.46. The van der Waals surface area contributed by atoms with Crippen LogP contribution in [0, 0.1) is 5.82 Å². The van der Waals surface area contributed by atoms with Crippen LogP contribution in [0.25, 0.3) is 22.3 Å². The number of fused-ring (bicyclic) bond motifs is 1. The fourth-order valence-electron chi connectivity index (χ4n) is 5.08. The Balaban J connectivity index is 1.21. The topological polar surface area (TPSA) is 140 Å². The molecule has 1 aliphatic carbocycles. The van der Waals surface area contributed by atoms with E-state index in [0.717, 1.165) is 32.0 Å². The number of halogens is 4. The zero-order valence-electron chi connectivity index (χ0n) is 21.3. The Hall–Kier alpha value is -4.27. The average molecular weight is 560 g/mol. The Morgan fingerprint density at radius 2 is 1.90 bits per heavy atom. The monoisotopic (exact) mass is 559 g/mol. The van der Waals surface area contributed by atoms with Gasteiger partial charge in [0.05, 0.1) is 17.1 Å². The number of aromatic nitrogens is 5. The second kappa shape index (κ2) is 9.43. The van der Waals surface area contributed by atoms with Crippen molar-refractivity contribution >= 4 is 34.4 Å². The highest BCUT2D eigenvalue weighted by Crippen LogP contribution is 2.59. The number of carbonyl (C=O) groups excluding carboxylic acids is 1. The van der Waals surface area contributed by atoms with Gasteiger partial charge in [-0.2, -0.15) is 18.3 Å². The lowest BCUT2D eigenvalue weighted by molar-refractivity contribution is -0.165. The SMILES string of the molecule is CN1CCC(n2nc(-c3ccc(NC(=O)Nc4cc(C5(C(F)(F)F)CC5)on4)c(F)c3)c3c(N)ncnc32)CC1. The van der Waals surface area contributed by atoms with E-state index in [1.54, 1.807) is 6.07 Å². The molecule has 40 heavy (non-hydrogen) atoms. The Morgan fingerprint density at radius 1 is 1.15 bits per heavy atom. The Labute approximate surface area is 224 Å². The van der Waals surface area contributed by atoms with Gasteiger partial charge in [0.25, 0.3) is 0 Å². The summed E-state index contributed by atoms with van der Waals surface area (Å²) in [4.78, 5) is 23.2. The molecule has 15 heteroatoms. The number of benzene rings is 1. The molecular formula is C25H25F4N9O2. The number of piperidine rings is 1. The first-order valence-electron chi connectivity index (χ1n) is 12.6. The predicted octanol–water partition coefficient (Wildman–Crippen LogP) is 4.71. The van der Waals surface area contributed by atoms with Crippen LogP contribution in [-0.2, 0) is 5.41 Å². The third-order valence-electron chi connectivity index (χ3n) is 7.56. The van der Waals surface area contributed by atoms with Crippen LogP contribution in [0.5, 0.6) is 0 Å². The summed E-state index contributed by atoms with van der Waals surface area (Å²) in [5.74, 6) is -1.14. The smallest absolute Gasteiger partial charge is 0.383 e. The van der Waals surface area contributed by atoms with Crippen molar-refractivity contribution in [2.45, 2.75) is 43.3 Å². The number of nitrogens with zero attached hydrogens (tertiary/aromatic N) is 6. The number of alkyl halides is 3. The van der Waals surface area contributed by atoms with E-state index in [4.69, 9.17) is 15.4 Å². The van der Waals surface area contributed by atoms with Crippen LogP contribution in [0.1, 0.15) is 37.5 Å². The largest absolute Gasteiger partial charge is 0.401 e. The van der Waals surface area contributed by atoms with Gasteiger partial charge in [0, 0.05) is 11.6 Å². The minimum Gasteiger partial charge on any atom is -0.383 e. The van der Waals surface area contributed by atoms with Crippen LogP contribution in [0.2, 0.25) is 0 Å². The summed E-state index contributed by atoms with van der Waals surface area (Å²) in [5, 5.41) is 13.4. The second-order valence-corrected chi connectivity index (χ2v) is 10.2. The van der Waals surface area contributed by atoms with E-state index < -0.39 is 23.4 Å². The van der Waals surface area contributed by atoms with Crippen molar-refractivity contribution in [2.75, 3.05) is 36.5 Å². The third-order valence-corrected chi connectivity index (χ3v) is 7.56. The van der Waals surface area contributed by atoms with Gasteiger partial charge < -0.3 is 20.5 Å². The Morgan fingerprint density at radius 3 is 2.58 bits per heavy atom. The first kappa shape index (κ1) is 26.0. The quantitative estimate of drug-likeness (QED) is 0.299. The maximum atomic E-state index is 15.1. The molecule has 0 unspecified atom stereocenters. The van der Waals surface area contributed by atoms with E-state index in [2.05, 4.69) is 37.7 Å². The number of hydrogen-bond acceptors (Lipinski definition) is 8. The van der Waals surface area contributed by atoms with E-state index in [1.807, 2.05) is 4.68 Å². The number of nitrogen functional groups attached to an aromatic ring is 1. The number of amides is 2. The van der Waals surface area contributed by atoms with Gasteiger partial charge in [-0.25, -0.2) is 23.8 Å². The van der Waals surface area contributed by atoms with Crippen LogP contribution in [0.15, 0.2) is 35.1 Å². The van der Waals surface area contributed by atoms with E-state index >= 15 is 4.39 Å². The minimum absolute atomic E-state index is 0.0965. The molecule has 210 valence electrons. The van der Waals surface area contributed by atoms with Crippen LogP contribution in [0.3, 0.4) is 0 Å². The van der Waals surface area contributed by atoms with Crippen molar-refractivity contribution in [3.8, 4) is 11.3 Å². The minimum atomic E-state index is -4.48. The summed E-state index contributed by atoms with van der Waals surface area (Å²) >= 11 is 0. The maximum absolute atomic E-state index is 15.1. The Bertz CT molecular complexity index is 1590. The summed E-state index contributed by atoms with van der Waals surface area (Å²) in [6.45, 7) is 1.80. The lowest BCUT2D eigenvalue weighted by atomic mass is 10.0. The number of nitrogens with one attached hydrogen (secondary N) is 2. The van der Waals surface area contributed by atoms with Crippen LogP contribution >= 0.6 is 0 Å². The van der Waals surface area contributed by atoms with Crippen molar-refractivity contribution in [3.05, 3.63) is 42.2 Å². The molecule has 0 bridgehead atoms.